The molecule has 30 heavy (non-hydrogen) atoms. The van der Waals surface area contributed by atoms with Crippen LogP contribution in [0.4, 0.5) is 5.69 Å². The lowest BCUT2D eigenvalue weighted by Crippen LogP contribution is -2.26. The quantitative estimate of drug-likeness (QED) is 0.339. The second-order valence-corrected chi connectivity index (χ2v) is 7.89. The minimum absolute atomic E-state index is 0.0468. The highest BCUT2D eigenvalue weighted by Gasteiger charge is 2.18. The van der Waals surface area contributed by atoms with Gasteiger partial charge in [-0.3, -0.25) is 14.2 Å². The second-order valence-electron chi connectivity index (χ2n) is 6.95. The summed E-state index contributed by atoms with van der Waals surface area (Å²) in [4.78, 5) is 44.5. The van der Waals surface area contributed by atoms with Crippen LogP contribution in [-0.2, 0) is 9.53 Å². The predicted octanol–water partition coefficient (Wildman–Crippen LogP) is 3.52. The first kappa shape index (κ1) is 21.6. The van der Waals surface area contributed by atoms with Gasteiger partial charge in [-0.2, -0.15) is 0 Å². The third kappa shape index (κ3) is 4.56. The van der Waals surface area contributed by atoms with Crippen molar-refractivity contribution in [2.24, 2.45) is 0 Å². The van der Waals surface area contributed by atoms with E-state index in [9.17, 15) is 14.4 Å². The molecule has 0 saturated heterocycles. The average molecular weight is 429 g/mol. The number of aryl methyl sites for hydroxylation is 1. The third-order valence-corrected chi connectivity index (χ3v) is 5.69. The van der Waals surface area contributed by atoms with Crippen molar-refractivity contribution in [3.05, 3.63) is 51.9 Å². The van der Waals surface area contributed by atoms with Gasteiger partial charge in [-0.1, -0.05) is 18.7 Å². The Bertz CT molecular complexity index is 1130. The molecule has 2 heterocycles. The van der Waals surface area contributed by atoms with Crippen LogP contribution in [0.15, 0.2) is 40.3 Å². The lowest BCUT2D eigenvalue weighted by atomic mass is 10.2. The molecule has 2 N–H and O–H groups in total. The Labute approximate surface area is 178 Å². The normalized spacial score (nSPS) is 12.0. The number of aromatic amines is 1. The van der Waals surface area contributed by atoms with Crippen LogP contribution in [0.3, 0.4) is 0 Å². The maximum Gasteiger partial charge on any atom is 0.337 e. The number of nitrogens with one attached hydrogen (secondary N) is 2. The summed E-state index contributed by atoms with van der Waals surface area (Å²) in [5.74, 6) is -0.578. The largest absolute Gasteiger partial charge is 0.465 e. The molecular formula is C21H24N4O4S. The first-order valence-corrected chi connectivity index (χ1v) is 10.6. The van der Waals surface area contributed by atoms with Crippen molar-refractivity contribution >= 4 is 40.4 Å². The van der Waals surface area contributed by atoms with Gasteiger partial charge >= 0.3 is 5.97 Å². The van der Waals surface area contributed by atoms with Gasteiger partial charge in [0.25, 0.3) is 5.56 Å². The number of H-pyrrole nitrogens is 1. The van der Waals surface area contributed by atoms with E-state index in [1.165, 1.54) is 18.9 Å². The van der Waals surface area contributed by atoms with Crippen LogP contribution in [-0.4, -0.2) is 39.3 Å². The molecule has 2 aromatic heterocycles. The van der Waals surface area contributed by atoms with E-state index in [0.29, 0.717) is 27.4 Å². The number of rotatable bonds is 7. The minimum atomic E-state index is -0.437. The van der Waals surface area contributed by atoms with Gasteiger partial charge in [-0.05, 0) is 50.6 Å². The molecule has 0 unspecified atom stereocenters. The molecular weight excluding hydrogens is 404 g/mol. The number of thioether (sulfide) groups is 1. The summed E-state index contributed by atoms with van der Waals surface area (Å²) in [6, 6.07) is 8.21. The van der Waals surface area contributed by atoms with Gasteiger partial charge in [-0.25, -0.2) is 9.78 Å². The summed E-state index contributed by atoms with van der Waals surface area (Å²) >= 11 is 1.22. The summed E-state index contributed by atoms with van der Waals surface area (Å²) in [5.41, 5.74) is 2.77. The molecule has 3 aromatic rings. The highest BCUT2D eigenvalue weighted by Crippen LogP contribution is 2.23. The van der Waals surface area contributed by atoms with Crippen LogP contribution in [0.1, 0.15) is 42.4 Å². The Morgan fingerprint density at radius 3 is 2.63 bits per heavy atom. The van der Waals surface area contributed by atoms with E-state index in [4.69, 9.17) is 0 Å². The fraction of sp³-hybridized carbons (Fsp3) is 0.333. The van der Waals surface area contributed by atoms with Crippen LogP contribution in [0.2, 0.25) is 0 Å². The minimum Gasteiger partial charge on any atom is -0.465 e. The van der Waals surface area contributed by atoms with Crippen LogP contribution in [0.25, 0.3) is 11.0 Å². The van der Waals surface area contributed by atoms with Gasteiger partial charge in [0.2, 0.25) is 5.91 Å². The van der Waals surface area contributed by atoms with Crippen LogP contribution < -0.4 is 10.9 Å². The fourth-order valence-electron chi connectivity index (χ4n) is 3.00. The zero-order valence-electron chi connectivity index (χ0n) is 17.3. The number of fused-ring (bicyclic) bond motifs is 1. The first-order chi connectivity index (χ1) is 14.3. The van der Waals surface area contributed by atoms with E-state index in [0.717, 1.165) is 12.1 Å². The molecule has 1 amide bonds. The number of aromatic nitrogens is 3. The van der Waals surface area contributed by atoms with Crippen molar-refractivity contribution in [3.63, 3.8) is 0 Å². The molecule has 1 aromatic carbocycles. The van der Waals surface area contributed by atoms with Crippen molar-refractivity contribution in [1.82, 2.24) is 14.5 Å². The third-order valence-electron chi connectivity index (χ3n) is 4.74. The molecule has 0 spiro atoms. The van der Waals surface area contributed by atoms with Crippen LogP contribution in [0, 0.1) is 6.92 Å². The van der Waals surface area contributed by atoms with Crippen molar-refractivity contribution in [1.29, 1.82) is 0 Å². The lowest BCUT2D eigenvalue weighted by Gasteiger charge is -2.17. The maximum absolute atomic E-state index is 13.0. The Morgan fingerprint density at radius 2 is 2.00 bits per heavy atom. The molecule has 3 rings (SSSR count). The van der Waals surface area contributed by atoms with Crippen molar-refractivity contribution in [3.8, 4) is 0 Å². The second kappa shape index (κ2) is 9.17. The molecule has 0 aliphatic heterocycles. The summed E-state index contributed by atoms with van der Waals surface area (Å²) < 4.78 is 6.30. The van der Waals surface area contributed by atoms with Crippen LogP contribution >= 0.6 is 11.8 Å². The molecule has 9 heteroatoms. The number of esters is 1. The Hall–Kier alpha value is -3.07. The number of amides is 1. The summed E-state index contributed by atoms with van der Waals surface area (Å²) in [7, 11) is 1.31. The van der Waals surface area contributed by atoms with Gasteiger partial charge in [-0.15, -0.1) is 0 Å². The molecule has 0 aliphatic carbocycles. The van der Waals surface area contributed by atoms with Crippen molar-refractivity contribution in [2.75, 3.05) is 18.2 Å². The monoisotopic (exact) mass is 428 g/mol. The van der Waals surface area contributed by atoms with E-state index >= 15 is 0 Å². The number of methoxy groups -OCH3 is 1. The predicted molar refractivity (Wildman–Crippen MR) is 117 cm³/mol. The zero-order chi connectivity index (χ0) is 21.8. The van der Waals surface area contributed by atoms with E-state index in [2.05, 4.69) is 20.0 Å². The topological polar surface area (TPSA) is 106 Å². The number of ether oxygens (including phenoxy) is 1. The van der Waals surface area contributed by atoms with Gasteiger partial charge in [0.05, 0.1) is 23.9 Å². The molecule has 0 saturated carbocycles. The maximum atomic E-state index is 13.0. The van der Waals surface area contributed by atoms with E-state index in [1.54, 1.807) is 28.8 Å². The number of carbonyl (C=O) groups is 2. The number of anilines is 1. The molecule has 0 aliphatic rings. The summed E-state index contributed by atoms with van der Waals surface area (Å²) in [6.45, 7) is 5.83. The smallest absolute Gasteiger partial charge is 0.337 e. The highest BCUT2D eigenvalue weighted by atomic mass is 32.2. The number of carbonyl (C=O) groups excluding carboxylic acids is 2. The average Bonchev–Trinajstić information content (AvgIpc) is 3.12. The van der Waals surface area contributed by atoms with Gasteiger partial charge in [0.15, 0.2) is 5.16 Å². The zero-order valence-corrected chi connectivity index (χ0v) is 18.1. The standard InChI is InChI=1S/C21H24N4O4S/c1-5-13(3)25-19(27)18-16(10-12(2)22-18)24-21(25)30-11-17(26)23-15-8-6-14(7-9-15)20(28)29-4/h6-10,13,22H,5,11H2,1-4H3,(H,23,26)/t13-/m0/s1. The Balaban J connectivity index is 1.76. The van der Waals surface area contributed by atoms with E-state index in [1.807, 2.05) is 26.8 Å². The Kier molecular flexibility index (Phi) is 6.61. The van der Waals surface area contributed by atoms with Gasteiger partial charge < -0.3 is 15.0 Å². The van der Waals surface area contributed by atoms with Crippen molar-refractivity contribution in [2.45, 2.75) is 38.4 Å². The SMILES string of the molecule is CC[C@H](C)n1c(SCC(=O)Nc2ccc(C(=O)OC)cc2)nc2cc(C)[nH]c2c1=O. The molecule has 0 fully saturated rings. The van der Waals surface area contributed by atoms with Crippen molar-refractivity contribution < 1.29 is 14.3 Å². The Morgan fingerprint density at radius 1 is 1.30 bits per heavy atom. The number of hydrogen-bond acceptors (Lipinski definition) is 6. The lowest BCUT2D eigenvalue weighted by molar-refractivity contribution is -0.113. The van der Waals surface area contributed by atoms with Gasteiger partial charge in [0, 0.05) is 17.4 Å². The number of benzene rings is 1. The van der Waals surface area contributed by atoms with E-state index < -0.39 is 5.97 Å². The molecule has 0 bridgehead atoms. The fourth-order valence-corrected chi connectivity index (χ4v) is 3.89. The number of nitrogens with zero attached hydrogens (tertiary/aromatic N) is 2. The summed E-state index contributed by atoms with van der Waals surface area (Å²) in [5, 5.41) is 3.29. The first-order valence-electron chi connectivity index (χ1n) is 9.57. The molecule has 158 valence electrons. The number of hydrogen-bond donors (Lipinski definition) is 2. The van der Waals surface area contributed by atoms with Gasteiger partial charge in [0.1, 0.15) is 5.52 Å². The molecule has 8 nitrogen and oxygen atoms in total. The van der Waals surface area contributed by atoms with E-state index in [-0.39, 0.29) is 23.3 Å². The molecule has 0 radical (unpaired) electrons. The summed E-state index contributed by atoms with van der Waals surface area (Å²) in [6.07, 6.45) is 0.763. The van der Waals surface area contributed by atoms with Crippen LogP contribution in [0.5, 0.6) is 0 Å². The molecule has 1 atom stereocenters. The highest BCUT2D eigenvalue weighted by molar-refractivity contribution is 7.99.